The van der Waals surface area contributed by atoms with Gasteiger partial charge in [0.15, 0.2) is 0 Å². The maximum Gasteiger partial charge on any atom is 0.409 e. The molecule has 7 nitrogen and oxygen atoms in total. The van der Waals surface area contributed by atoms with Crippen LogP contribution in [-0.4, -0.2) is 67.8 Å². The molecule has 1 aromatic carbocycles. The zero-order chi connectivity index (χ0) is 18.4. The Morgan fingerprint density at radius 1 is 0.923 bits per heavy atom. The molecule has 2 aliphatic heterocycles. The van der Waals surface area contributed by atoms with Crippen molar-refractivity contribution in [2.75, 3.05) is 56.1 Å². The maximum absolute atomic E-state index is 12.4. The highest BCUT2D eigenvalue weighted by Crippen LogP contribution is 2.22. The topological polar surface area (TPSA) is 65.1 Å². The highest BCUT2D eigenvalue weighted by Gasteiger charge is 2.24. The van der Waals surface area contributed by atoms with Gasteiger partial charge in [-0.1, -0.05) is 0 Å². The zero-order valence-electron chi connectivity index (χ0n) is 15.4. The van der Waals surface area contributed by atoms with Crippen LogP contribution in [0.1, 0.15) is 26.2 Å². The number of urea groups is 1. The molecule has 0 spiro atoms. The number of anilines is 2. The molecular formula is C19H28N4O3. The van der Waals surface area contributed by atoms with E-state index in [1.54, 1.807) is 16.7 Å². The van der Waals surface area contributed by atoms with E-state index in [1.807, 2.05) is 12.1 Å². The second-order valence-corrected chi connectivity index (χ2v) is 6.70. The molecule has 3 amide bonds. The van der Waals surface area contributed by atoms with Gasteiger partial charge in [-0.3, -0.25) is 0 Å². The fourth-order valence-electron chi connectivity index (χ4n) is 3.42. The summed E-state index contributed by atoms with van der Waals surface area (Å²) in [5.41, 5.74) is 2.01. The van der Waals surface area contributed by atoms with Crippen LogP contribution >= 0.6 is 0 Å². The van der Waals surface area contributed by atoms with Crippen LogP contribution in [0.3, 0.4) is 0 Å². The standard InChI is InChI=1S/C19H28N4O3/c1-2-26-19(25)23-14-12-22(13-15-23)18(24)20-16-6-8-17(9-7-16)21-10-4-3-5-11-21/h6-9H,2-5,10-15H2,1H3,(H,20,24). The molecule has 0 saturated carbocycles. The smallest absolute Gasteiger partial charge is 0.409 e. The first-order chi connectivity index (χ1) is 12.7. The Kier molecular flexibility index (Phi) is 6.20. The molecule has 3 rings (SSSR count). The van der Waals surface area contributed by atoms with Crippen LogP contribution < -0.4 is 10.2 Å². The Bertz CT molecular complexity index is 606. The summed E-state index contributed by atoms with van der Waals surface area (Å²) >= 11 is 0. The fourth-order valence-corrected chi connectivity index (χ4v) is 3.42. The summed E-state index contributed by atoms with van der Waals surface area (Å²) in [6.45, 7) is 6.39. The molecule has 2 fully saturated rings. The number of nitrogens with one attached hydrogen (secondary N) is 1. The van der Waals surface area contributed by atoms with Gasteiger partial charge in [0, 0.05) is 50.6 Å². The number of carbonyl (C=O) groups is 2. The van der Waals surface area contributed by atoms with E-state index in [-0.39, 0.29) is 12.1 Å². The summed E-state index contributed by atoms with van der Waals surface area (Å²) in [5, 5.41) is 2.94. The molecule has 2 saturated heterocycles. The van der Waals surface area contributed by atoms with Crippen molar-refractivity contribution in [3.05, 3.63) is 24.3 Å². The van der Waals surface area contributed by atoms with Crippen molar-refractivity contribution in [2.45, 2.75) is 26.2 Å². The van der Waals surface area contributed by atoms with Crippen LogP contribution in [0.2, 0.25) is 0 Å². The van der Waals surface area contributed by atoms with E-state index in [4.69, 9.17) is 4.74 Å². The van der Waals surface area contributed by atoms with Crippen LogP contribution in [0.15, 0.2) is 24.3 Å². The molecule has 0 atom stereocenters. The van der Waals surface area contributed by atoms with Crippen LogP contribution in [0, 0.1) is 0 Å². The number of nitrogens with zero attached hydrogens (tertiary/aromatic N) is 3. The Hall–Kier alpha value is -2.44. The molecule has 0 aliphatic carbocycles. The predicted molar refractivity (Wildman–Crippen MR) is 102 cm³/mol. The molecule has 142 valence electrons. The third-order valence-electron chi connectivity index (χ3n) is 4.93. The van der Waals surface area contributed by atoms with E-state index >= 15 is 0 Å². The summed E-state index contributed by atoms with van der Waals surface area (Å²) in [6, 6.07) is 7.92. The summed E-state index contributed by atoms with van der Waals surface area (Å²) in [6.07, 6.45) is 3.50. The summed E-state index contributed by atoms with van der Waals surface area (Å²) in [5.74, 6) is 0. The lowest BCUT2D eigenvalue weighted by molar-refractivity contribution is 0.0868. The molecule has 0 unspecified atom stereocenters. The number of piperidine rings is 1. The average molecular weight is 360 g/mol. The monoisotopic (exact) mass is 360 g/mol. The first-order valence-electron chi connectivity index (χ1n) is 9.50. The largest absolute Gasteiger partial charge is 0.450 e. The first kappa shape index (κ1) is 18.4. The molecule has 0 bridgehead atoms. The van der Waals surface area contributed by atoms with Gasteiger partial charge in [-0.2, -0.15) is 0 Å². The lowest BCUT2D eigenvalue weighted by atomic mass is 10.1. The predicted octanol–water partition coefficient (Wildman–Crippen LogP) is 2.98. The number of hydrogen-bond donors (Lipinski definition) is 1. The average Bonchev–Trinajstić information content (AvgIpc) is 2.69. The van der Waals surface area contributed by atoms with E-state index in [9.17, 15) is 9.59 Å². The van der Waals surface area contributed by atoms with E-state index in [1.165, 1.54) is 24.9 Å². The maximum atomic E-state index is 12.4. The van der Waals surface area contributed by atoms with Crippen molar-refractivity contribution in [1.82, 2.24) is 9.80 Å². The number of carbonyl (C=O) groups excluding carboxylic acids is 2. The van der Waals surface area contributed by atoms with Gasteiger partial charge in [0.1, 0.15) is 0 Å². The Balaban J connectivity index is 1.48. The minimum Gasteiger partial charge on any atom is -0.450 e. The van der Waals surface area contributed by atoms with E-state index in [0.29, 0.717) is 32.8 Å². The number of piperazine rings is 1. The van der Waals surface area contributed by atoms with Crippen LogP contribution in [0.5, 0.6) is 0 Å². The number of benzene rings is 1. The van der Waals surface area contributed by atoms with Gasteiger partial charge in [-0.15, -0.1) is 0 Å². The van der Waals surface area contributed by atoms with Crippen molar-refractivity contribution in [2.24, 2.45) is 0 Å². The molecule has 2 heterocycles. The first-order valence-corrected chi connectivity index (χ1v) is 9.50. The molecule has 1 N–H and O–H groups in total. The lowest BCUT2D eigenvalue weighted by Crippen LogP contribution is -2.51. The molecule has 2 aliphatic rings. The number of amides is 3. The van der Waals surface area contributed by atoms with Crippen molar-refractivity contribution in [3.8, 4) is 0 Å². The molecule has 7 heteroatoms. The minimum absolute atomic E-state index is 0.126. The highest BCUT2D eigenvalue weighted by molar-refractivity contribution is 5.89. The molecular weight excluding hydrogens is 332 g/mol. The van der Waals surface area contributed by atoms with Gasteiger partial charge in [0.05, 0.1) is 6.61 Å². The number of hydrogen-bond acceptors (Lipinski definition) is 4. The normalized spacial score (nSPS) is 17.8. The van der Waals surface area contributed by atoms with E-state index in [0.717, 1.165) is 18.8 Å². The van der Waals surface area contributed by atoms with Crippen molar-refractivity contribution < 1.29 is 14.3 Å². The van der Waals surface area contributed by atoms with Crippen molar-refractivity contribution in [3.63, 3.8) is 0 Å². The van der Waals surface area contributed by atoms with Crippen molar-refractivity contribution >= 4 is 23.5 Å². The summed E-state index contributed by atoms with van der Waals surface area (Å²) < 4.78 is 5.00. The number of ether oxygens (including phenoxy) is 1. The minimum atomic E-state index is -0.305. The zero-order valence-corrected chi connectivity index (χ0v) is 15.4. The van der Waals surface area contributed by atoms with Crippen LogP contribution in [0.4, 0.5) is 21.0 Å². The third kappa shape index (κ3) is 4.59. The second-order valence-electron chi connectivity index (χ2n) is 6.70. The van der Waals surface area contributed by atoms with Gasteiger partial charge in [0.25, 0.3) is 0 Å². The van der Waals surface area contributed by atoms with Crippen LogP contribution in [-0.2, 0) is 4.74 Å². The third-order valence-corrected chi connectivity index (χ3v) is 4.93. The fraction of sp³-hybridized carbons (Fsp3) is 0.579. The Morgan fingerprint density at radius 2 is 1.54 bits per heavy atom. The van der Waals surface area contributed by atoms with E-state index < -0.39 is 0 Å². The van der Waals surface area contributed by atoms with Gasteiger partial charge in [0.2, 0.25) is 0 Å². The molecule has 1 aromatic rings. The highest BCUT2D eigenvalue weighted by atomic mass is 16.6. The quantitative estimate of drug-likeness (QED) is 0.900. The molecule has 26 heavy (non-hydrogen) atoms. The Morgan fingerprint density at radius 3 is 2.15 bits per heavy atom. The van der Waals surface area contributed by atoms with Crippen LogP contribution in [0.25, 0.3) is 0 Å². The second kappa shape index (κ2) is 8.78. The summed E-state index contributed by atoms with van der Waals surface area (Å²) in [7, 11) is 0. The van der Waals surface area contributed by atoms with Gasteiger partial charge >= 0.3 is 12.1 Å². The van der Waals surface area contributed by atoms with Gasteiger partial charge in [-0.05, 0) is 50.5 Å². The Labute approximate surface area is 154 Å². The molecule has 0 aromatic heterocycles. The SMILES string of the molecule is CCOC(=O)N1CCN(C(=O)Nc2ccc(N3CCCCC3)cc2)CC1. The van der Waals surface area contributed by atoms with E-state index in [2.05, 4.69) is 22.3 Å². The molecule has 0 radical (unpaired) electrons. The van der Waals surface area contributed by atoms with Crippen molar-refractivity contribution in [1.29, 1.82) is 0 Å². The summed E-state index contributed by atoms with van der Waals surface area (Å²) in [4.78, 5) is 29.9. The number of rotatable bonds is 3. The lowest BCUT2D eigenvalue weighted by Gasteiger charge is -2.34. The van der Waals surface area contributed by atoms with Gasteiger partial charge < -0.3 is 24.8 Å². The van der Waals surface area contributed by atoms with Gasteiger partial charge in [-0.25, -0.2) is 9.59 Å².